The number of nitrogens with one attached hydrogen (secondary N) is 2. The van der Waals surface area contributed by atoms with Gasteiger partial charge in [-0.15, -0.1) is 0 Å². The predicted octanol–water partition coefficient (Wildman–Crippen LogP) is 4.13. The van der Waals surface area contributed by atoms with Crippen LogP contribution in [0.1, 0.15) is 0 Å². The van der Waals surface area contributed by atoms with E-state index in [0.29, 0.717) is 43.6 Å². The van der Waals surface area contributed by atoms with Crippen molar-refractivity contribution in [2.24, 2.45) is 0 Å². The van der Waals surface area contributed by atoms with Gasteiger partial charge < -0.3 is 20.3 Å². The van der Waals surface area contributed by atoms with Crippen molar-refractivity contribution in [2.75, 3.05) is 41.8 Å². The van der Waals surface area contributed by atoms with Crippen molar-refractivity contribution in [3.63, 3.8) is 0 Å². The van der Waals surface area contributed by atoms with E-state index < -0.39 is 5.82 Å². The van der Waals surface area contributed by atoms with E-state index in [9.17, 15) is 8.78 Å². The van der Waals surface area contributed by atoms with Gasteiger partial charge in [0.05, 0.1) is 18.2 Å². The summed E-state index contributed by atoms with van der Waals surface area (Å²) in [4.78, 5) is 15.2. The summed E-state index contributed by atoms with van der Waals surface area (Å²) in [5.74, 6) is 0.0240. The van der Waals surface area contributed by atoms with Gasteiger partial charge in [-0.1, -0.05) is 17.7 Å². The van der Waals surface area contributed by atoms with E-state index in [0.717, 1.165) is 0 Å². The largest absolute Gasteiger partial charge is 0.378 e. The Labute approximate surface area is 170 Å². The van der Waals surface area contributed by atoms with Gasteiger partial charge in [0, 0.05) is 24.5 Å². The molecule has 0 radical (unpaired) electrons. The van der Waals surface area contributed by atoms with Gasteiger partial charge in [-0.05, 0) is 36.4 Å². The van der Waals surface area contributed by atoms with Gasteiger partial charge >= 0.3 is 0 Å². The van der Waals surface area contributed by atoms with Gasteiger partial charge in [-0.3, -0.25) is 0 Å². The monoisotopic (exact) mass is 418 g/mol. The van der Waals surface area contributed by atoms with Gasteiger partial charge in [0.2, 0.25) is 17.8 Å². The summed E-state index contributed by atoms with van der Waals surface area (Å²) in [5.41, 5.74) is 1.02. The molecule has 4 rings (SSSR count). The molecule has 0 aliphatic carbocycles. The number of benzene rings is 2. The molecule has 3 aromatic rings. The van der Waals surface area contributed by atoms with Gasteiger partial charge in [-0.2, -0.15) is 15.0 Å². The second-order valence-corrected chi connectivity index (χ2v) is 6.68. The number of rotatable bonds is 5. The second kappa shape index (κ2) is 8.54. The molecule has 0 amide bonds. The fourth-order valence-electron chi connectivity index (χ4n) is 2.78. The first-order chi connectivity index (χ1) is 14.1. The van der Waals surface area contributed by atoms with Crippen LogP contribution in [0.4, 0.5) is 38.0 Å². The van der Waals surface area contributed by atoms with Crippen molar-refractivity contribution in [2.45, 2.75) is 0 Å². The van der Waals surface area contributed by atoms with Gasteiger partial charge in [0.25, 0.3) is 0 Å². The predicted molar refractivity (Wildman–Crippen MR) is 107 cm³/mol. The van der Waals surface area contributed by atoms with Crippen LogP contribution in [0.25, 0.3) is 0 Å². The molecule has 0 atom stereocenters. The van der Waals surface area contributed by atoms with Crippen LogP contribution in [0, 0.1) is 11.6 Å². The van der Waals surface area contributed by atoms with Crippen molar-refractivity contribution >= 4 is 40.8 Å². The zero-order chi connectivity index (χ0) is 20.2. The highest BCUT2D eigenvalue weighted by atomic mass is 35.5. The van der Waals surface area contributed by atoms with Crippen molar-refractivity contribution in [1.82, 2.24) is 15.0 Å². The number of hydrogen-bond donors (Lipinski definition) is 2. The minimum Gasteiger partial charge on any atom is -0.378 e. The molecule has 0 saturated carbocycles. The molecule has 0 spiro atoms. The SMILES string of the molecule is Fc1cccc(Nc2nc(Nc3ccc(F)c(Cl)c3)nc(N3CCOCC3)n2)c1. The molecule has 1 aliphatic rings. The van der Waals surface area contributed by atoms with Crippen LogP contribution in [0.5, 0.6) is 0 Å². The molecule has 7 nitrogen and oxygen atoms in total. The number of halogens is 3. The molecule has 1 saturated heterocycles. The first-order valence-corrected chi connectivity index (χ1v) is 9.28. The molecule has 1 fully saturated rings. The lowest BCUT2D eigenvalue weighted by Gasteiger charge is -2.27. The molecule has 2 N–H and O–H groups in total. The summed E-state index contributed by atoms with van der Waals surface area (Å²) in [6.07, 6.45) is 0. The Kier molecular flexibility index (Phi) is 5.68. The maximum atomic E-state index is 13.5. The summed E-state index contributed by atoms with van der Waals surface area (Å²) < 4.78 is 32.3. The number of anilines is 5. The third-order valence-electron chi connectivity index (χ3n) is 4.17. The normalized spacial score (nSPS) is 14.0. The molecule has 2 aromatic carbocycles. The van der Waals surface area contributed by atoms with Gasteiger partial charge in [0.15, 0.2) is 0 Å². The van der Waals surface area contributed by atoms with Gasteiger partial charge in [0.1, 0.15) is 11.6 Å². The Morgan fingerprint density at radius 2 is 1.59 bits per heavy atom. The molecule has 2 heterocycles. The number of morpholine rings is 1. The molecular formula is C19H17ClF2N6O. The van der Waals surface area contributed by atoms with Crippen LogP contribution < -0.4 is 15.5 Å². The molecule has 150 valence electrons. The molecule has 10 heteroatoms. The smallest absolute Gasteiger partial charge is 0.233 e. The lowest BCUT2D eigenvalue weighted by molar-refractivity contribution is 0.122. The highest BCUT2D eigenvalue weighted by molar-refractivity contribution is 6.31. The molecule has 0 bridgehead atoms. The number of aromatic nitrogens is 3. The van der Waals surface area contributed by atoms with E-state index in [1.807, 2.05) is 4.90 Å². The molecule has 0 unspecified atom stereocenters. The van der Waals surface area contributed by atoms with Crippen molar-refractivity contribution in [1.29, 1.82) is 0 Å². The van der Waals surface area contributed by atoms with E-state index in [4.69, 9.17) is 16.3 Å². The van der Waals surface area contributed by atoms with E-state index >= 15 is 0 Å². The molecular weight excluding hydrogens is 402 g/mol. The number of hydrogen-bond acceptors (Lipinski definition) is 7. The first kappa shape index (κ1) is 19.3. The average molecular weight is 419 g/mol. The van der Waals surface area contributed by atoms with Crippen molar-refractivity contribution < 1.29 is 13.5 Å². The third kappa shape index (κ3) is 4.87. The highest BCUT2D eigenvalue weighted by Crippen LogP contribution is 2.24. The van der Waals surface area contributed by atoms with E-state index in [1.54, 1.807) is 12.1 Å². The highest BCUT2D eigenvalue weighted by Gasteiger charge is 2.17. The van der Waals surface area contributed by atoms with E-state index in [1.165, 1.54) is 30.3 Å². The zero-order valence-electron chi connectivity index (χ0n) is 15.2. The van der Waals surface area contributed by atoms with E-state index in [-0.39, 0.29) is 22.7 Å². The van der Waals surface area contributed by atoms with Crippen LogP contribution in [0.15, 0.2) is 42.5 Å². The first-order valence-electron chi connectivity index (χ1n) is 8.90. The fraction of sp³-hybridized carbons (Fsp3) is 0.211. The minimum absolute atomic E-state index is 0.0180. The fourth-order valence-corrected chi connectivity index (χ4v) is 2.96. The Balaban J connectivity index is 1.65. The zero-order valence-corrected chi connectivity index (χ0v) is 16.0. The molecule has 29 heavy (non-hydrogen) atoms. The summed E-state index contributed by atoms with van der Waals surface area (Å²) in [7, 11) is 0. The average Bonchev–Trinajstić information content (AvgIpc) is 2.71. The van der Waals surface area contributed by atoms with Crippen LogP contribution in [0.2, 0.25) is 5.02 Å². The quantitative estimate of drug-likeness (QED) is 0.645. The summed E-state index contributed by atoms with van der Waals surface area (Å²) in [5, 5.41) is 5.97. The standard InChI is InChI=1S/C19H17ClF2N6O/c20-15-11-14(4-5-16(15)22)24-18-25-17(23-13-3-1-2-12(21)10-13)26-19(27-18)28-6-8-29-9-7-28/h1-5,10-11H,6-9H2,(H2,23,24,25,26,27). The lowest BCUT2D eigenvalue weighted by Crippen LogP contribution is -2.37. The van der Waals surface area contributed by atoms with Crippen molar-refractivity contribution in [3.05, 3.63) is 59.1 Å². The maximum absolute atomic E-state index is 13.5. The third-order valence-corrected chi connectivity index (χ3v) is 4.46. The molecule has 1 aromatic heterocycles. The van der Waals surface area contributed by atoms with Crippen molar-refractivity contribution in [3.8, 4) is 0 Å². The Hall–Kier alpha value is -3.04. The second-order valence-electron chi connectivity index (χ2n) is 6.27. The summed E-state index contributed by atoms with van der Waals surface area (Å²) >= 11 is 5.85. The lowest BCUT2D eigenvalue weighted by atomic mass is 10.3. The Morgan fingerprint density at radius 1 is 0.897 bits per heavy atom. The topological polar surface area (TPSA) is 75.2 Å². The minimum atomic E-state index is -0.518. The van der Waals surface area contributed by atoms with Gasteiger partial charge in [-0.25, -0.2) is 8.78 Å². The van der Waals surface area contributed by atoms with Crippen LogP contribution >= 0.6 is 11.6 Å². The summed E-state index contributed by atoms with van der Waals surface area (Å²) in [6, 6.07) is 10.2. The van der Waals surface area contributed by atoms with Crippen LogP contribution in [0.3, 0.4) is 0 Å². The van der Waals surface area contributed by atoms with Crippen LogP contribution in [-0.4, -0.2) is 41.3 Å². The van der Waals surface area contributed by atoms with Crippen LogP contribution in [-0.2, 0) is 4.74 Å². The maximum Gasteiger partial charge on any atom is 0.233 e. The molecule has 1 aliphatic heterocycles. The van der Waals surface area contributed by atoms with E-state index in [2.05, 4.69) is 25.6 Å². The number of ether oxygens (including phenoxy) is 1. The number of nitrogens with zero attached hydrogens (tertiary/aromatic N) is 4. The summed E-state index contributed by atoms with van der Waals surface area (Å²) in [6.45, 7) is 2.39. The Morgan fingerprint density at radius 3 is 2.24 bits per heavy atom. The Bertz CT molecular complexity index is 1020.